The van der Waals surface area contributed by atoms with Gasteiger partial charge in [0.15, 0.2) is 5.96 Å². The maximum absolute atomic E-state index is 5.79. The van der Waals surface area contributed by atoms with Gasteiger partial charge in [-0.05, 0) is 26.4 Å². The molecule has 2 N–H and O–H groups in total. The van der Waals surface area contributed by atoms with E-state index in [0.717, 1.165) is 31.4 Å². The minimum atomic E-state index is -0.0338. The average Bonchev–Trinajstić information content (AvgIpc) is 2.89. The zero-order valence-electron chi connectivity index (χ0n) is 17.1. The van der Waals surface area contributed by atoms with Crippen LogP contribution in [0.4, 0.5) is 0 Å². The van der Waals surface area contributed by atoms with Gasteiger partial charge in [0, 0.05) is 25.0 Å². The molecule has 6 nitrogen and oxygen atoms in total. The van der Waals surface area contributed by atoms with Crippen LogP contribution in [0.1, 0.15) is 53.2 Å². The summed E-state index contributed by atoms with van der Waals surface area (Å²) in [5, 5.41) is 6.69. The van der Waals surface area contributed by atoms with Crippen LogP contribution < -0.4 is 10.6 Å². The van der Waals surface area contributed by atoms with Gasteiger partial charge in [0.25, 0.3) is 0 Å². The maximum atomic E-state index is 5.79. The molecule has 0 aliphatic heterocycles. The molecule has 7 heteroatoms. The molecule has 1 rings (SSSR count). The molecule has 0 aliphatic rings. The molecule has 0 amide bonds. The van der Waals surface area contributed by atoms with E-state index in [1.807, 2.05) is 0 Å². The lowest BCUT2D eigenvalue weighted by atomic mass is 9.93. The molecule has 0 atom stereocenters. The van der Waals surface area contributed by atoms with Gasteiger partial charge in [0.2, 0.25) is 5.89 Å². The van der Waals surface area contributed by atoms with Gasteiger partial charge in [-0.2, -0.15) is 0 Å². The maximum Gasteiger partial charge on any atom is 0.216 e. The van der Waals surface area contributed by atoms with Crippen molar-refractivity contribution in [1.82, 2.24) is 20.5 Å². The second kappa shape index (κ2) is 10.4. The van der Waals surface area contributed by atoms with Crippen LogP contribution in [0.2, 0.25) is 0 Å². The second-order valence-corrected chi connectivity index (χ2v) is 8.32. The number of aromatic nitrogens is 1. The van der Waals surface area contributed by atoms with E-state index in [4.69, 9.17) is 4.42 Å². The molecule has 1 aromatic rings. The van der Waals surface area contributed by atoms with Gasteiger partial charge < -0.3 is 20.0 Å². The van der Waals surface area contributed by atoms with E-state index in [1.54, 1.807) is 6.20 Å². The summed E-state index contributed by atoms with van der Waals surface area (Å²) in [7, 11) is 4.19. The lowest BCUT2D eigenvalue weighted by Crippen LogP contribution is -2.44. The molecule has 0 unspecified atom stereocenters. The summed E-state index contributed by atoms with van der Waals surface area (Å²) in [6.07, 6.45) is 1.80. The van der Waals surface area contributed by atoms with Gasteiger partial charge in [-0.25, -0.2) is 9.98 Å². The Morgan fingerprint density at radius 3 is 2.32 bits per heavy atom. The molecule has 25 heavy (non-hydrogen) atoms. The van der Waals surface area contributed by atoms with Crippen molar-refractivity contribution >= 4 is 29.9 Å². The van der Waals surface area contributed by atoms with Crippen molar-refractivity contribution in [2.75, 3.05) is 33.7 Å². The number of rotatable bonds is 7. The normalized spacial score (nSPS) is 12.9. The third-order valence-corrected chi connectivity index (χ3v) is 3.49. The first-order chi connectivity index (χ1) is 11.0. The summed E-state index contributed by atoms with van der Waals surface area (Å²) in [5.74, 6) is 2.32. The summed E-state index contributed by atoms with van der Waals surface area (Å²) in [6.45, 7) is 16.0. The van der Waals surface area contributed by atoms with Crippen molar-refractivity contribution in [3.8, 4) is 0 Å². The first-order valence-corrected chi connectivity index (χ1v) is 8.65. The lowest BCUT2D eigenvalue weighted by Gasteiger charge is -2.29. The van der Waals surface area contributed by atoms with Crippen LogP contribution in [0.25, 0.3) is 0 Å². The standard InChI is InChI=1S/C18H35N5O.HI/c1-9-19-16(22-12-18(5,6)13-23(7)8)21-11-15-20-10-14(24-15)17(2,3)4;/h10H,9,11-13H2,1-8H3,(H2,19,21,22);1H. The van der Waals surface area contributed by atoms with Crippen LogP contribution in [-0.4, -0.2) is 49.6 Å². The third-order valence-electron chi connectivity index (χ3n) is 3.49. The highest BCUT2D eigenvalue weighted by Crippen LogP contribution is 2.22. The zero-order valence-corrected chi connectivity index (χ0v) is 19.4. The van der Waals surface area contributed by atoms with E-state index < -0.39 is 0 Å². The van der Waals surface area contributed by atoms with Crippen molar-refractivity contribution < 1.29 is 4.42 Å². The zero-order chi connectivity index (χ0) is 18.4. The Morgan fingerprint density at radius 1 is 1.20 bits per heavy atom. The smallest absolute Gasteiger partial charge is 0.216 e. The quantitative estimate of drug-likeness (QED) is 0.368. The highest BCUT2D eigenvalue weighted by Gasteiger charge is 2.20. The molecule has 0 radical (unpaired) electrons. The van der Waals surface area contributed by atoms with Crippen LogP contribution in [0, 0.1) is 5.41 Å². The van der Waals surface area contributed by atoms with Gasteiger partial charge >= 0.3 is 0 Å². The van der Waals surface area contributed by atoms with Gasteiger partial charge in [0.05, 0.1) is 6.20 Å². The molecule has 1 aromatic heterocycles. The van der Waals surface area contributed by atoms with Crippen LogP contribution >= 0.6 is 24.0 Å². The Kier molecular flexibility index (Phi) is 10.0. The molecular formula is C18H36IN5O. The first kappa shape index (κ1) is 24.2. The van der Waals surface area contributed by atoms with Gasteiger partial charge in [-0.1, -0.05) is 34.6 Å². The van der Waals surface area contributed by atoms with Gasteiger partial charge in [-0.15, -0.1) is 24.0 Å². The fourth-order valence-electron chi connectivity index (χ4n) is 2.45. The van der Waals surface area contributed by atoms with E-state index in [-0.39, 0.29) is 34.8 Å². The third kappa shape index (κ3) is 9.44. The van der Waals surface area contributed by atoms with Crippen LogP contribution in [0.15, 0.2) is 15.6 Å². The number of nitrogens with zero attached hydrogens (tertiary/aromatic N) is 3. The van der Waals surface area contributed by atoms with E-state index in [2.05, 4.69) is 81.1 Å². The minimum Gasteiger partial charge on any atom is -0.443 e. The van der Waals surface area contributed by atoms with Crippen molar-refractivity contribution in [2.24, 2.45) is 10.4 Å². The Balaban J connectivity index is 0.00000576. The number of hydrogen-bond acceptors (Lipinski definition) is 4. The number of hydrogen-bond donors (Lipinski definition) is 2. The molecule has 0 spiro atoms. The molecule has 0 aliphatic carbocycles. The molecule has 0 saturated carbocycles. The number of aliphatic imine (C=N–C) groups is 1. The SMILES string of the molecule is CCNC(=NCc1ncc(C(C)(C)C)o1)NCC(C)(C)CN(C)C.I. The summed E-state index contributed by atoms with van der Waals surface area (Å²) in [5.41, 5.74) is 0.121. The highest BCUT2D eigenvalue weighted by atomic mass is 127. The van der Waals surface area contributed by atoms with Crippen LogP contribution in [0.5, 0.6) is 0 Å². The van der Waals surface area contributed by atoms with E-state index in [0.29, 0.717) is 12.4 Å². The Morgan fingerprint density at radius 2 is 1.84 bits per heavy atom. The second-order valence-electron chi connectivity index (χ2n) is 8.32. The monoisotopic (exact) mass is 465 g/mol. The predicted octanol–water partition coefficient (Wildman–Crippen LogP) is 3.23. The molecule has 146 valence electrons. The Hall–Kier alpha value is -0.830. The molecule has 0 bridgehead atoms. The number of halogens is 1. The van der Waals surface area contributed by atoms with Crippen molar-refractivity contribution in [3.63, 3.8) is 0 Å². The van der Waals surface area contributed by atoms with Gasteiger partial charge in [0.1, 0.15) is 12.3 Å². The fraction of sp³-hybridized carbons (Fsp3) is 0.778. The van der Waals surface area contributed by atoms with Gasteiger partial charge in [-0.3, -0.25) is 0 Å². The topological polar surface area (TPSA) is 65.7 Å². The van der Waals surface area contributed by atoms with E-state index >= 15 is 0 Å². The number of guanidine groups is 1. The van der Waals surface area contributed by atoms with E-state index in [9.17, 15) is 0 Å². The van der Waals surface area contributed by atoms with E-state index in [1.165, 1.54) is 0 Å². The van der Waals surface area contributed by atoms with Crippen molar-refractivity contribution in [2.45, 2.75) is 53.5 Å². The first-order valence-electron chi connectivity index (χ1n) is 8.65. The average molecular weight is 465 g/mol. The van der Waals surface area contributed by atoms with Crippen molar-refractivity contribution in [3.05, 3.63) is 17.8 Å². The summed E-state index contributed by atoms with van der Waals surface area (Å²) in [4.78, 5) is 11.1. The molecule has 0 saturated heterocycles. The summed E-state index contributed by atoms with van der Waals surface area (Å²) < 4.78 is 5.79. The molecule has 1 heterocycles. The predicted molar refractivity (Wildman–Crippen MR) is 116 cm³/mol. The molecular weight excluding hydrogens is 429 g/mol. The lowest BCUT2D eigenvalue weighted by molar-refractivity contribution is 0.241. The fourth-order valence-corrected chi connectivity index (χ4v) is 2.45. The summed E-state index contributed by atoms with van der Waals surface area (Å²) >= 11 is 0. The summed E-state index contributed by atoms with van der Waals surface area (Å²) in [6, 6.07) is 0. The highest BCUT2D eigenvalue weighted by molar-refractivity contribution is 14.0. The molecule has 0 aromatic carbocycles. The van der Waals surface area contributed by atoms with Crippen molar-refractivity contribution in [1.29, 1.82) is 0 Å². The Labute approximate surface area is 170 Å². The number of nitrogens with one attached hydrogen (secondary N) is 2. The number of oxazole rings is 1. The Bertz CT molecular complexity index is 532. The minimum absolute atomic E-state index is 0. The van der Waals surface area contributed by atoms with Crippen LogP contribution in [-0.2, 0) is 12.0 Å². The largest absolute Gasteiger partial charge is 0.443 e. The molecule has 0 fully saturated rings. The van der Waals surface area contributed by atoms with Crippen LogP contribution in [0.3, 0.4) is 0 Å².